The second-order valence-electron chi connectivity index (χ2n) is 7.11. The van der Waals surface area contributed by atoms with Crippen molar-refractivity contribution in [1.29, 1.82) is 0 Å². The van der Waals surface area contributed by atoms with Gasteiger partial charge in [-0.25, -0.2) is 0 Å². The van der Waals surface area contributed by atoms with Crippen LogP contribution in [0.15, 0.2) is 41.8 Å². The predicted octanol–water partition coefficient (Wildman–Crippen LogP) is 3.83. The average molecular weight is 360 g/mol. The van der Waals surface area contributed by atoms with Crippen molar-refractivity contribution in [1.82, 2.24) is 5.32 Å². The first kappa shape index (κ1) is 19.7. The van der Waals surface area contributed by atoms with Gasteiger partial charge >= 0.3 is 0 Å². The largest absolute Gasteiger partial charge is 0.349 e. The molecule has 1 aromatic carbocycles. The molecular weight excluding hydrogens is 328 g/mol. The number of hydrogen-bond donors (Lipinski definition) is 2. The Morgan fingerprint density at radius 3 is 2.24 bits per heavy atom. The standard InChI is InChI=1S/C21H30N2OS/c1-6-15(4)17-9-11-18(12-10-17)20(19-8-7-13-25-19)23-16(5)21(24)22-14(2)3/h7-16,20,23H,6H2,1-5H3,(H,22,24)/p+1/t15-,16-,20+/m0/s1. The molecule has 0 saturated carbocycles. The zero-order valence-electron chi connectivity index (χ0n) is 16.0. The minimum absolute atomic E-state index is 0.0905. The third kappa shape index (κ3) is 5.41. The Labute approximate surface area is 155 Å². The van der Waals surface area contributed by atoms with E-state index in [-0.39, 0.29) is 24.0 Å². The number of rotatable bonds is 8. The predicted molar refractivity (Wildman–Crippen MR) is 106 cm³/mol. The molecule has 25 heavy (non-hydrogen) atoms. The van der Waals surface area contributed by atoms with Crippen LogP contribution in [0.4, 0.5) is 0 Å². The number of quaternary nitrogens is 1. The molecule has 0 fully saturated rings. The smallest absolute Gasteiger partial charge is 0.278 e. The van der Waals surface area contributed by atoms with Gasteiger partial charge in [-0.15, -0.1) is 11.3 Å². The molecule has 2 aromatic rings. The first-order chi connectivity index (χ1) is 11.9. The highest BCUT2D eigenvalue weighted by Crippen LogP contribution is 2.25. The van der Waals surface area contributed by atoms with Crippen LogP contribution in [0.5, 0.6) is 0 Å². The lowest BCUT2D eigenvalue weighted by Gasteiger charge is -2.21. The van der Waals surface area contributed by atoms with Gasteiger partial charge in [-0.05, 0) is 50.1 Å². The normalized spacial score (nSPS) is 15.0. The van der Waals surface area contributed by atoms with E-state index in [2.05, 4.69) is 66.3 Å². The number of carbonyl (C=O) groups excluding carboxylic acids is 1. The van der Waals surface area contributed by atoms with E-state index in [1.54, 1.807) is 11.3 Å². The van der Waals surface area contributed by atoms with E-state index in [0.29, 0.717) is 5.92 Å². The highest BCUT2D eigenvalue weighted by atomic mass is 32.1. The molecule has 4 heteroatoms. The summed E-state index contributed by atoms with van der Waals surface area (Å²) in [5.41, 5.74) is 2.63. The van der Waals surface area contributed by atoms with E-state index in [9.17, 15) is 4.79 Å². The fraction of sp³-hybridized carbons (Fsp3) is 0.476. The fourth-order valence-electron chi connectivity index (χ4n) is 2.90. The summed E-state index contributed by atoms with van der Waals surface area (Å²) in [6.07, 6.45) is 1.15. The highest BCUT2D eigenvalue weighted by Gasteiger charge is 2.25. The number of amides is 1. The zero-order valence-corrected chi connectivity index (χ0v) is 16.8. The number of nitrogens with two attached hydrogens (primary N) is 1. The van der Waals surface area contributed by atoms with Gasteiger partial charge in [0.25, 0.3) is 5.91 Å². The van der Waals surface area contributed by atoms with Gasteiger partial charge in [0.2, 0.25) is 0 Å². The van der Waals surface area contributed by atoms with E-state index >= 15 is 0 Å². The van der Waals surface area contributed by atoms with Gasteiger partial charge in [-0.1, -0.05) is 44.2 Å². The van der Waals surface area contributed by atoms with Crippen LogP contribution in [-0.2, 0) is 4.79 Å². The molecule has 0 radical (unpaired) electrons. The summed E-state index contributed by atoms with van der Waals surface area (Å²) in [4.78, 5) is 13.6. The van der Waals surface area contributed by atoms with Crippen LogP contribution >= 0.6 is 11.3 Å². The number of nitrogens with one attached hydrogen (secondary N) is 1. The van der Waals surface area contributed by atoms with Gasteiger partial charge in [0.1, 0.15) is 6.04 Å². The second kappa shape index (κ2) is 9.16. The number of hydrogen-bond acceptors (Lipinski definition) is 2. The molecule has 0 saturated heterocycles. The zero-order chi connectivity index (χ0) is 18.4. The molecular formula is C21H31N2OS+. The Morgan fingerprint density at radius 2 is 1.72 bits per heavy atom. The van der Waals surface area contributed by atoms with Gasteiger partial charge in [0.15, 0.2) is 6.04 Å². The lowest BCUT2D eigenvalue weighted by molar-refractivity contribution is -0.704. The van der Waals surface area contributed by atoms with Crippen LogP contribution in [0.2, 0.25) is 0 Å². The SMILES string of the molecule is CC[C@H](C)c1ccc([C@@H]([NH2+][C@@H](C)C(=O)NC(C)C)c2cccs2)cc1. The molecule has 0 aliphatic carbocycles. The third-order valence-corrected chi connectivity index (χ3v) is 5.61. The highest BCUT2D eigenvalue weighted by molar-refractivity contribution is 7.10. The topological polar surface area (TPSA) is 45.7 Å². The Kier molecular flexibility index (Phi) is 7.21. The maximum atomic E-state index is 12.3. The number of thiophene rings is 1. The van der Waals surface area contributed by atoms with E-state index < -0.39 is 0 Å². The maximum Gasteiger partial charge on any atom is 0.278 e. The molecule has 1 aromatic heterocycles. The molecule has 0 unspecified atom stereocenters. The molecule has 0 bridgehead atoms. The fourth-order valence-corrected chi connectivity index (χ4v) is 3.73. The lowest BCUT2D eigenvalue weighted by atomic mass is 9.95. The summed E-state index contributed by atoms with van der Waals surface area (Å²) in [6, 6.07) is 13.3. The van der Waals surface area contributed by atoms with Crippen LogP contribution in [-0.4, -0.2) is 18.0 Å². The van der Waals surface area contributed by atoms with Crippen LogP contribution in [0.3, 0.4) is 0 Å². The summed E-state index contributed by atoms with van der Waals surface area (Å²) in [6.45, 7) is 10.4. The van der Waals surface area contributed by atoms with E-state index in [1.165, 1.54) is 16.0 Å². The van der Waals surface area contributed by atoms with Gasteiger partial charge in [0.05, 0.1) is 4.88 Å². The van der Waals surface area contributed by atoms with Gasteiger partial charge in [-0.3, -0.25) is 4.79 Å². The molecule has 0 aliphatic heterocycles. The van der Waals surface area contributed by atoms with Crippen molar-refractivity contribution in [2.24, 2.45) is 0 Å². The van der Waals surface area contributed by atoms with Crippen LogP contribution in [0.1, 0.15) is 69.0 Å². The monoisotopic (exact) mass is 359 g/mol. The molecule has 1 amide bonds. The summed E-state index contributed by atoms with van der Waals surface area (Å²) in [7, 11) is 0. The molecule has 0 aliphatic rings. The molecule has 1 heterocycles. The van der Waals surface area contributed by atoms with Crippen molar-refractivity contribution in [3.63, 3.8) is 0 Å². The van der Waals surface area contributed by atoms with Crippen LogP contribution in [0, 0.1) is 0 Å². The average Bonchev–Trinajstić information content (AvgIpc) is 3.12. The van der Waals surface area contributed by atoms with Crippen molar-refractivity contribution in [3.05, 3.63) is 57.8 Å². The minimum Gasteiger partial charge on any atom is -0.349 e. The Balaban J connectivity index is 2.21. The van der Waals surface area contributed by atoms with E-state index in [4.69, 9.17) is 0 Å². The molecule has 3 nitrogen and oxygen atoms in total. The number of carbonyl (C=O) groups is 1. The van der Waals surface area contributed by atoms with Gasteiger partial charge in [-0.2, -0.15) is 0 Å². The second-order valence-corrected chi connectivity index (χ2v) is 8.09. The minimum atomic E-state index is -0.135. The van der Waals surface area contributed by atoms with E-state index in [1.807, 2.05) is 20.8 Å². The molecule has 2 rings (SSSR count). The van der Waals surface area contributed by atoms with Crippen molar-refractivity contribution >= 4 is 17.2 Å². The van der Waals surface area contributed by atoms with Gasteiger partial charge in [0, 0.05) is 11.6 Å². The molecule has 136 valence electrons. The summed E-state index contributed by atoms with van der Waals surface area (Å²) < 4.78 is 0. The first-order valence-corrected chi connectivity index (χ1v) is 10.1. The molecule has 0 spiro atoms. The van der Waals surface area contributed by atoms with Crippen molar-refractivity contribution in [2.75, 3.05) is 0 Å². The molecule has 3 atom stereocenters. The Morgan fingerprint density at radius 1 is 1.08 bits per heavy atom. The Bertz CT molecular complexity index is 649. The lowest BCUT2D eigenvalue weighted by Crippen LogP contribution is -2.92. The molecule has 3 N–H and O–H groups in total. The Hall–Kier alpha value is -1.65. The van der Waals surface area contributed by atoms with E-state index in [0.717, 1.165) is 6.42 Å². The van der Waals surface area contributed by atoms with Gasteiger partial charge < -0.3 is 10.6 Å². The van der Waals surface area contributed by atoms with Crippen molar-refractivity contribution in [2.45, 2.75) is 65.1 Å². The summed E-state index contributed by atoms with van der Waals surface area (Å²) >= 11 is 1.75. The summed E-state index contributed by atoms with van der Waals surface area (Å²) in [5, 5.41) is 7.28. The quantitative estimate of drug-likeness (QED) is 0.739. The number of benzene rings is 1. The van der Waals surface area contributed by atoms with Crippen LogP contribution < -0.4 is 10.6 Å². The first-order valence-electron chi connectivity index (χ1n) is 9.21. The van der Waals surface area contributed by atoms with Crippen molar-refractivity contribution < 1.29 is 10.1 Å². The van der Waals surface area contributed by atoms with Crippen molar-refractivity contribution in [3.8, 4) is 0 Å². The summed E-state index contributed by atoms with van der Waals surface area (Å²) in [5.74, 6) is 0.668. The van der Waals surface area contributed by atoms with Crippen LogP contribution in [0.25, 0.3) is 0 Å². The maximum absolute atomic E-state index is 12.3. The third-order valence-electron chi connectivity index (χ3n) is 4.65.